The molecule has 44 heavy (non-hydrogen) atoms. The van der Waals surface area contributed by atoms with Gasteiger partial charge < -0.3 is 44.0 Å². The summed E-state index contributed by atoms with van der Waals surface area (Å²) in [6, 6.07) is -2.81. The zero-order valence-electron chi connectivity index (χ0n) is 26.7. The minimum absolute atomic E-state index is 0.0721. The number of carbonyl (C=O) groups excluding carboxylic acids is 4. The standard InChI is InChI=1S/C28H46N4O12/c1-15(34)30-19-16(32(25(38)44-27(5,6)7)23(29)31-24(37)43-26(2,3)4)13-17(22(36)39-12-10-11-33)41-21(19)20(35)18-14-40-28(8,9)42-18/h13,16,18-21,33,35H,10-12,14H2,1-9H3,(H,30,34)(H2,29,31,37). The van der Waals surface area contributed by atoms with Crippen LogP contribution in [0.4, 0.5) is 9.59 Å². The maximum Gasteiger partial charge on any atom is 0.417 e. The third-order valence-corrected chi connectivity index (χ3v) is 5.91. The Balaban J connectivity index is 2.67. The molecule has 0 aliphatic carbocycles. The van der Waals surface area contributed by atoms with Crippen molar-refractivity contribution in [2.75, 3.05) is 19.8 Å². The second kappa shape index (κ2) is 14.5. The molecule has 0 saturated carbocycles. The highest BCUT2D eigenvalue weighted by Gasteiger charge is 2.51. The van der Waals surface area contributed by atoms with Crippen LogP contribution in [0.15, 0.2) is 11.8 Å². The molecule has 5 unspecified atom stereocenters. The first-order chi connectivity index (χ1) is 20.1. The minimum Gasteiger partial charge on any atom is -0.478 e. The first kappa shape index (κ1) is 36.7. The molecule has 0 aromatic rings. The van der Waals surface area contributed by atoms with Gasteiger partial charge in [-0.3, -0.25) is 15.5 Å². The van der Waals surface area contributed by atoms with Crippen LogP contribution in [0, 0.1) is 5.41 Å². The summed E-state index contributed by atoms with van der Waals surface area (Å²) in [4.78, 5) is 52.5. The van der Waals surface area contributed by atoms with E-state index in [2.05, 4.69) is 10.6 Å². The quantitative estimate of drug-likeness (QED) is 0.0843. The van der Waals surface area contributed by atoms with E-state index in [4.69, 9.17) is 38.9 Å². The summed E-state index contributed by atoms with van der Waals surface area (Å²) in [5.74, 6) is -3.98. The summed E-state index contributed by atoms with van der Waals surface area (Å²) in [6.45, 7) is 13.5. The number of rotatable bonds is 8. The Morgan fingerprint density at radius 1 is 1.14 bits per heavy atom. The molecule has 0 radical (unpaired) electrons. The van der Waals surface area contributed by atoms with E-state index in [1.807, 2.05) is 0 Å². The van der Waals surface area contributed by atoms with E-state index in [9.17, 15) is 24.3 Å². The highest BCUT2D eigenvalue weighted by Crippen LogP contribution is 2.32. The molecule has 16 nitrogen and oxygen atoms in total. The van der Waals surface area contributed by atoms with Crippen molar-refractivity contribution < 1.29 is 57.8 Å². The summed E-state index contributed by atoms with van der Waals surface area (Å²) in [5.41, 5.74) is -2.03. The lowest BCUT2D eigenvalue weighted by Crippen LogP contribution is -2.66. The van der Waals surface area contributed by atoms with Crippen molar-refractivity contribution in [3.63, 3.8) is 0 Å². The lowest BCUT2D eigenvalue weighted by Gasteiger charge is -2.44. The number of hydrogen-bond acceptors (Lipinski definition) is 13. The first-order valence-corrected chi connectivity index (χ1v) is 14.2. The van der Waals surface area contributed by atoms with Crippen LogP contribution in [-0.2, 0) is 38.0 Å². The fourth-order valence-corrected chi connectivity index (χ4v) is 4.28. The van der Waals surface area contributed by atoms with Crippen molar-refractivity contribution in [2.24, 2.45) is 0 Å². The third kappa shape index (κ3) is 10.9. The summed E-state index contributed by atoms with van der Waals surface area (Å²) in [7, 11) is 0. The summed E-state index contributed by atoms with van der Waals surface area (Å²) >= 11 is 0. The molecule has 1 saturated heterocycles. The fraction of sp³-hybridized carbons (Fsp3) is 0.750. The molecule has 2 rings (SSSR count). The Bertz CT molecular complexity index is 1110. The molecule has 0 aromatic heterocycles. The maximum absolute atomic E-state index is 13.6. The molecular formula is C28H46N4O12. The van der Waals surface area contributed by atoms with Gasteiger partial charge in [0.15, 0.2) is 5.79 Å². The number of ether oxygens (including phenoxy) is 6. The Morgan fingerprint density at radius 3 is 2.25 bits per heavy atom. The van der Waals surface area contributed by atoms with Crippen LogP contribution in [0.3, 0.4) is 0 Å². The molecule has 250 valence electrons. The van der Waals surface area contributed by atoms with Gasteiger partial charge in [0.1, 0.15) is 29.5 Å². The number of amides is 3. The van der Waals surface area contributed by atoms with Crippen molar-refractivity contribution in [1.82, 2.24) is 15.5 Å². The highest BCUT2D eigenvalue weighted by molar-refractivity contribution is 6.00. The lowest BCUT2D eigenvalue weighted by atomic mass is 9.91. The lowest BCUT2D eigenvalue weighted by molar-refractivity contribution is -0.171. The van der Waals surface area contributed by atoms with Crippen LogP contribution in [0.5, 0.6) is 0 Å². The van der Waals surface area contributed by atoms with Gasteiger partial charge in [-0.25, -0.2) is 19.3 Å². The molecule has 0 aromatic carbocycles. The number of alkyl carbamates (subject to hydrolysis) is 1. The van der Waals surface area contributed by atoms with Gasteiger partial charge in [-0.2, -0.15) is 0 Å². The molecule has 0 spiro atoms. The van der Waals surface area contributed by atoms with Gasteiger partial charge >= 0.3 is 18.2 Å². The van der Waals surface area contributed by atoms with Crippen LogP contribution in [0.2, 0.25) is 0 Å². The molecule has 1 fully saturated rings. The number of guanidine groups is 1. The summed E-state index contributed by atoms with van der Waals surface area (Å²) in [5, 5.41) is 34.1. The fourth-order valence-electron chi connectivity index (χ4n) is 4.28. The van der Waals surface area contributed by atoms with Gasteiger partial charge in [0.25, 0.3) is 0 Å². The maximum atomic E-state index is 13.6. The minimum atomic E-state index is -1.56. The second-order valence-electron chi connectivity index (χ2n) is 12.7. The van der Waals surface area contributed by atoms with Gasteiger partial charge in [-0.05, 0) is 61.5 Å². The number of carbonyl (C=O) groups is 4. The zero-order chi connectivity index (χ0) is 33.6. The van der Waals surface area contributed by atoms with Crippen LogP contribution in [-0.4, -0.2) is 112 Å². The topological polar surface area (TPSA) is 215 Å². The van der Waals surface area contributed by atoms with E-state index in [0.29, 0.717) is 4.90 Å². The molecule has 2 heterocycles. The van der Waals surface area contributed by atoms with Gasteiger partial charge in [-0.1, -0.05) is 0 Å². The molecule has 2 aliphatic heterocycles. The van der Waals surface area contributed by atoms with Gasteiger partial charge in [0.05, 0.1) is 25.3 Å². The molecule has 2 aliphatic rings. The Hall–Kier alpha value is -3.47. The van der Waals surface area contributed by atoms with E-state index in [-0.39, 0.29) is 26.2 Å². The monoisotopic (exact) mass is 630 g/mol. The number of esters is 1. The smallest absolute Gasteiger partial charge is 0.417 e. The average Bonchev–Trinajstić information content (AvgIpc) is 3.21. The molecule has 5 atom stereocenters. The third-order valence-electron chi connectivity index (χ3n) is 5.91. The number of aliphatic hydroxyl groups excluding tert-OH is 2. The van der Waals surface area contributed by atoms with Gasteiger partial charge in [0.2, 0.25) is 17.6 Å². The zero-order valence-corrected chi connectivity index (χ0v) is 26.7. The summed E-state index contributed by atoms with van der Waals surface area (Å²) in [6.07, 6.45) is -5.00. The Morgan fingerprint density at radius 2 is 1.75 bits per heavy atom. The Labute approximate surface area is 256 Å². The van der Waals surface area contributed by atoms with Crippen molar-refractivity contribution in [3.8, 4) is 0 Å². The first-order valence-electron chi connectivity index (χ1n) is 14.2. The average molecular weight is 631 g/mol. The van der Waals surface area contributed by atoms with Crippen LogP contribution >= 0.6 is 0 Å². The van der Waals surface area contributed by atoms with Gasteiger partial charge in [0, 0.05) is 20.0 Å². The van der Waals surface area contributed by atoms with Gasteiger partial charge in [-0.15, -0.1) is 0 Å². The van der Waals surface area contributed by atoms with Crippen molar-refractivity contribution in [3.05, 3.63) is 11.8 Å². The van der Waals surface area contributed by atoms with Crippen LogP contribution in [0.1, 0.15) is 68.7 Å². The van der Waals surface area contributed by atoms with E-state index in [1.165, 1.54) is 6.92 Å². The highest BCUT2D eigenvalue weighted by atomic mass is 16.7. The SMILES string of the molecule is CC(=O)NC1C(C(O)C2COC(C)(C)O2)OC(C(=O)OCCCO)=CC1N(C(=N)NC(=O)OC(C)(C)C)C(=O)OC(C)(C)C. The largest absolute Gasteiger partial charge is 0.478 e. The number of aliphatic hydroxyl groups is 2. The van der Waals surface area contributed by atoms with Crippen molar-refractivity contribution in [1.29, 1.82) is 5.41 Å². The Kier molecular flexibility index (Phi) is 12.1. The molecule has 3 amide bonds. The van der Waals surface area contributed by atoms with Crippen LogP contribution < -0.4 is 10.6 Å². The summed E-state index contributed by atoms with van der Waals surface area (Å²) < 4.78 is 33.2. The van der Waals surface area contributed by atoms with E-state index in [0.717, 1.165) is 6.08 Å². The molecular weight excluding hydrogens is 584 g/mol. The van der Waals surface area contributed by atoms with E-state index < -0.39 is 83.2 Å². The van der Waals surface area contributed by atoms with Crippen LogP contribution in [0.25, 0.3) is 0 Å². The predicted octanol–water partition coefficient (Wildman–Crippen LogP) is 1.28. The number of nitrogens with one attached hydrogen (secondary N) is 3. The molecule has 5 N–H and O–H groups in total. The van der Waals surface area contributed by atoms with Crippen molar-refractivity contribution in [2.45, 2.75) is 116 Å². The van der Waals surface area contributed by atoms with E-state index >= 15 is 0 Å². The molecule has 16 heteroatoms. The molecule has 0 bridgehead atoms. The second-order valence-corrected chi connectivity index (χ2v) is 12.7. The predicted molar refractivity (Wildman–Crippen MR) is 153 cm³/mol. The van der Waals surface area contributed by atoms with Crippen molar-refractivity contribution >= 4 is 30.0 Å². The normalized spacial score (nSPS) is 23.8. The number of nitrogens with zero attached hydrogens (tertiary/aromatic N) is 1. The van der Waals surface area contributed by atoms with E-state index in [1.54, 1.807) is 55.4 Å². The number of hydrogen-bond donors (Lipinski definition) is 5.